The van der Waals surface area contributed by atoms with Gasteiger partial charge in [0.25, 0.3) is 11.7 Å². The van der Waals surface area contributed by atoms with Crippen LogP contribution in [-0.4, -0.2) is 35.4 Å². The number of ketones is 1. The number of aliphatic hydroxyl groups excluding tert-OH is 1. The van der Waals surface area contributed by atoms with Crippen LogP contribution in [0.2, 0.25) is 0 Å². The van der Waals surface area contributed by atoms with Gasteiger partial charge in [-0.05, 0) is 53.6 Å². The van der Waals surface area contributed by atoms with Gasteiger partial charge in [0, 0.05) is 12.1 Å². The van der Waals surface area contributed by atoms with Crippen molar-refractivity contribution < 1.29 is 19.4 Å². The molecule has 2 aromatic rings. The van der Waals surface area contributed by atoms with E-state index in [1.807, 2.05) is 44.2 Å². The van der Waals surface area contributed by atoms with Gasteiger partial charge >= 0.3 is 0 Å². The minimum Gasteiger partial charge on any atom is -0.507 e. The Bertz CT molecular complexity index is 1040. The molecule has 5 nitrogen and oxygen atoms in total. The fraction of sp³-hybridized carbons (Fsp3) is 0.407. The zero-order chi connectivity index (χ0) is 23.6. The maximum atomic E-state index is 13.2. The normalized spacial score (nSPS) is 18.3. The molecule has 32 heavy (non-hydrogen) atoms. The quantitative estimate of drug-likeness (QED) is 0.368. The molecule has 0 spiro atoms. The molecule has 0 aliphatic carbocycles. The van der Waals surface area contributed by atoms with E-state index in [0.29, 0.717) is 17.9 Å². The topological polar surface area (TPSA) is 66.8 Å². The van der Waals surface area contributed by atoms with Crippen molar-refractivity contribution in [3.63, 3.8) is 0 Å². The Morgan fingerprint density at radius 3 is 2.31 bits per heavy atom. The van der Waals surface area contributed by atoms with Crippen molar-refractivity contribution >= 4 is 17.4 Å². The third kappa shape index (κ3) is 4.43. The zero-order valence-electron chi connectivity index (χ0n) is 19.9. The summed E-state index contributed by atoms with van der Waals surface area (Å²) in [6.07, 6.45) is 1.67. The number of rotatable bonds is 6. The first-order valence-electron chi connectivity index (χ1n) is 11.1. The highest BCUT2D eigenvalue weighted by Crippen LogP contribution is 2.41. The zero-order valence-corrected chi connectivity index (χ0v) is 19.9. The molecule has 1 atom stereocenters. The molecular formula is C27H33NO4. The Balaban J connectivity index is 2.21. The highest BCUT2D eigenvalue weighted by molar-refractivity contribution is 6.46. The summed E-state index contributed by atoms with van der Waals surface area (Å²) in [7, 11) is 1.59. The Kier molecular flexibility index (Phi) is 6.77. The first-order valence-corrected chi connectivity index (χ1v) is 11.1. The molecule has 170 valence electrons. The molecule has 0 aromatic heterocycles. The van der Waals surface area contributed by atoms with E-state index in [1.54, 1.807) is 24.1 Å². The SMILES string of the molecule is CCCCN1C(=O)C(=O)/C(=C(/O)c2cc(C(C)(C)C)ccc2C)C1c1ccc(OC)cc1. The molecule has 1 unspecified atom stereocenters. The molecule has 1 heterocycles. The molecule has 1 aliphatic rings. The van der Waals surface area contributed by atoms with Gasteiger partial charge in [0.05, 0.1) is 18.7 Å². The van der Waals surface area contributed by atoms with Crippen LogP contribution in [0, 0.1) is 6.92 Å². The number of likely N-dealkylation sites (tertiary alicyclic amines) is 1. The molecule has 1 saturated heterocycles. The van der Waals surface area contributed by atoms with E-state index in [2.05, 4.69) is 20.8 Å². The van der Waals surface area contributed by atoms with Crippen LogP contribution >= 0.6 is 0 Å². The number of benzene rings is 2. The van der Waals surface area contributed by atoms with Crippen LogP contribution in [0.25, 0.3) is 5.76 Å². The third-order valence-corrected chi connectivity index (χ3v) is 6.08. The average Bonchev–Trinajstić information content (AvgIpc) is 3.01. The summed E-state index contributed by atoms with van der Waals surface area (Å²) in [5, 5.41) is 11.4. The smallest absolute Gasteiger partial charge is 0.295 e. The lowest BCUT2D eigenvalue weighted by Crippen LogP contribution is -2.30. The number of nitrogens with zero attached hydrogens (tertiary/aromatic N) is 1. The van der Waals surface area contributed by atoms with Crippen LogP contribution in [-0.2, 0) is 15.0 Å². The van der Waals surface area contributed by atoms with E-state index >= 15 is 0 Å². The Hall–Kier alpha value is -3.08. The number of carbonyl (C=O) groups is 2. The number of aliphatic hydroxyl groups is 1. The first kappa shape index (κ1) is 23.6. The molecule has 5 heteroatoms. The fourth-order valence-corrected chi connectivity index (χ4v) is 4.06. The van der Waals surface area contributed by atoms with Gasteiger partial charge in [-0.15, -0.1) is 0 Å². The minimum atomic E-state index is -0.639. The second-order valence-electron chi connectivity index (χ2n) is 9.40. The van der Waals surface area contributed by atoms with Crippen molar-refractivity contribution in [2.45, 2.75) is 58.9 Å². The van der Waals surface area contributed by atoms with Crippen molar-refractivity contribution in [2.24, 2.45) is 0 Å². The molecule has 2 aromatic carbocycles. The number of unbranched alkanes of at least 4 members (excludes halogenated alkanes) is 1. The maximum absolute atomic E-state index is 13.2. The molecule has 1 aliphatic heterocycles. The Morgan fingerprint density at radius 1 is 1.09 bits per heavy atom. The second kappa shape index (κ2) is 9.19. The van der Waals surface area contributed by atoms with Gasteiger partial charge < -0.3 is 14.7 Å². The minimum absolute atomic E-state index is 0.119. The highest BCUT2D eigenvalue weighted by atomic mass is 16.5. The number of Topliss-reactive ketones (excluding diaryl/α,β-unsaturated/α-hetero) is 1. The third-order valence-electron chi connectivity index (χ3n) is 6.08. The van der Waals surface area contributed by atoms with Crippen molar-refractivity contribution in [1.29, 1.82) is 0 Å². The number of aryl methyl sites for hydroxylation is 1. The summed E-state index contributed by atoms with van der Waals surface area (Å²) in [4.78, 5) is 27.7. The van der Waals surface area contributed by atoms with Gasteiger partial charge in [0.1, 0.15) is 11.5 Å². The number of methoxy groups -OCH3 is 1. The lowest BCUT2D eigenvalue weighted by molar-refractivity contribution is -0.139. The predicted molar refractivity (Wildman–Crippen MR) is 127 cm³/mol. The van der Waals surface area contributed by atoms with Crippen molar-refractivity contribution in [3.05, 3.63) is 70.3 Å². The summed E-state index contributed by atoms with van der Waals surface area (Å²) < 4.78 is 5.26. The Labute approximate surface area is 190 Å². The van der Waals surface area contributed by atoms with Gasteiger partial charge in [-0.2, -0.15) is 0 Å². The molecule has 0 saturated carbocycles. The van der Waals surface area contributed by atoms with Gasteiger partial charge in [-0.25, -0.2) is 0 Å². The molecule has 0 radical (unpaired) electrons. The van der Waals surface area contributed by atoms with E-state index in [1.165, 1.54) is 0 Å². The van der Waals surface area contributed by atoms with Crippen LogP contribution in [0.3, 0.4) is 0 Å². The van der Waals surface area contributed by atoms with Crippen LogP contribution < -0.4 is 4.74 Å². The first-order chi connectivity index (χ1) is 15.1. The molecule has 1 N–H and O–H groups in total. The number of amides is 1. The summed E-state index contributed by atoms with van der Waals surface area (Å²) in [6, 6.07) is 12.6. The lowest BCUT2D eigenvalue weighted by Gasteiger charge is -2.26. The van der Waals surface area contributed by atoms with E-state index in [9.17, 15) is 14.7 Å². The molecule has 3 rings (SSSR count). The molecule has 1 amide bonds. The van der Waals surface area contributed by atoms with E-state index in [0.717, 1.165) is 29.5 Å². The summed E-state index contributed by atoms with van der Waals surface area (Å²) in [5.74, 6) is -0.634. The van der Waals surface area contributed by atoms with Crippen LogP contribution in [0.1, 0.15) is 68.8 Å². The molecular weight excluding hydrogens is 402 g/mol. The number of hydrogen-bond donors (Lipinski definition) is 1. The van der Waals surface area contributed by atoms with E-state index in [-0.39, 0.29) is 16.7 Å². The fourth-order valence-electron chi connectivity index (χ4n) is 4.06. The highest BCUT2D eigenvalue weighted by Gasteiger charge is 2.45. The van der Waals surface area contributed by atoms with E-state index in [4.69, 9.17) is 4.74 Å². The van der Waals surface area contributed by atoms with Gasteiger partial charge in [-0.3, -0.25) is 9.59 Å². The predicted octanol–water partition coefficient (Wildman–Crippen LogP) is 5.52. The largest absolute Gasteiger partial charge is 0.507 e. The van der Waals surface area contributed by atoms with Gasteiger partial charge in [-0.1, -0.05) is 58.4 Å². The lowest BCUT2D eigenvalue weighted by atomic mass is 9.84. The molecule has 1 fully saturated rings. The van der Waals surface area contributed by atoms with Crippen LogP contribution in [0.15, 0.2) is 48.0 Å². The van der Waals surface area contributed by atoms with Crippen molar-refractivity contribution in [2.75, 3.05) is 13.7 Å². The summed E-state index contributed by atoms with van der Waals surface area (Å²) >= 11 is 0. The van der Waals surface area contributed by atoms with Crippen molar-refractivity contribution in [1.82, 2.24) is 4.90 Å². The monoisotopic (exact) mass is 435 g/mol. The summed E-state index contributed by atoms with van der Waals surface area (Å²) in [5.41, 5.74) is 3.28. The van der Waals surface area contributed by atoms with Crippen LogP contribution in [0.5, 0.6) is 5.75 Å². The number of hydrogen-bond acceptors (Lipinski definition) is 4. The van der Waals surface area contributed by atoms with Crippen molar-refractivity contribution in [3.8, 4) is 5.75 Å². The number of ether oxygens (including phenoxy) is 1. The molecule has 0 bridgehead atoms. The van der Waals surface area contributed by atoms with Gasteiger partial charge in [0.2, 0.25) is 0 Å². The number of carbonyl (C=O) groups excluding carboxylic acids is 2. The van der Waals surface area contributed by atoms with Gasteiger partial charge in [0.15, 0.2) is 0 Å². The van der Waals surface area contributed by atoms with Crippen LogP contribution in [0.4, 0.5) is 0 Å². The second-order valence-corrected chi connectivity index (χ2v) is 9.40. The maximum Gasteiger partial charge on any atom is 0.295 e. The Morgan fingerprint density at radius 2 is 1.75 bits per heavy atom. The summed E-state index contributed by atoms with van der Waals surface area (Å²) in [6.45, 7) is 10.7. The van der Waals surface area contributed by atoms with E-state index < -0.39 is 17.7 Å². The average molecular weight is 436 g/mol. The standard InChI is InChI=1S/C27H33NO4/c1-7-8-15-28-23(18-10-13-20(32-6)14-11-18)22(25(30)26(28)31)24(29)21-16-19(27(3,4)5)12-9-17(21)2/h9-14,16,23,29H,7-8,15H2,1-6H3/b24-22+.